The van der Waals surface area contributed by atoms with Crippen molar-refractivity contribution in [3.05, 3.63) is 0 Å². The zero-order chi connectivity index (χ0) is 10.5. The van der Waals surface area contributed by atoms with Crippen LogP contribution in [0.3, 0.4) is 0 Å². The van der Waals surface area contributed by atoms with Crippen LogP contribution in [0.4, 0.5) is 0 Å². The van der Waals surface area contributed by atoms with Crippen LogP contribution < -0.4 is 0 Å². The monoisotopic (exact) mass is 180 g/mol. The van der Waals surface area contributed by atoms with Crippen LogP contribution in [0.25, 0.3) is 0 Å². The maximum Gasteiger partial charge on any atom is 0.187 e. The number of azo groups is 1. The van der Waals surface area contributed by atoms with Crippen LogP contribution in [-0.2, 0) is 0 Å². The van der Waals surface area contributed by atoms with Crippen molar-refractivity contribution in [3.63, 3.8) is 0 Å². The lowest BCUT2D eigenvalue weighted by Crippen LogP contribution is -2.25. The van der Waals surface area contributed by atoms with Crippen molar-refractivity contribution in [2.45, 2.75) is 31.8 Å². The summed E-state index contributed by atoms with van der Waals surface area (Å²) in [5.74, 6) is 0. The van der Waals surface area contributed by atoms with Gasteiger partial charge in [-0.1, -0.05) is 0 Å². The molecule has 0 aromatic rings. The smallest absolute Gasteiger partial charge is 0.187 e. The van der Waals surface area contributed by atoms with Gasteiger partial charge in [0, 0.05) is 0 Å². The first kappa shape index (κ1) is 11.5. The summed E-state index contributed by atoms with van der Waals surface area (Å²) in [6.07, 6.45) is 0. The van der Waals surface area contributed by atoms with Gasteiger partial charge in [-0.3, -0.25) is 0 Å². The molecule has 0 saturated heterocycles. The van der Waals surface area contributed by atoms with Crippen LogP contribution in [0.15, 0.2) is 10.2 Å². The Hall–Kier alpha value is -1.46. The Morgan fingerprint density at radius 1 is 1.15 bits per heavy atom. The number of aliphatic hydroxyl groups is 1. The van der Waals surface area contributed by atoms with Gasteiger partial charge >= 0.3 is 0 Å². The fraction of sp³-hybridized carbons (Fsp3) is 0.750. The summed E-state index contributed by atoms with van der Waals surface area (Å²) in [5, 5.41) is 33.3. The lowest BCUT2D eigenvalue weighted by atomic mass is 10.1. The average Bonchev–Trinajstić information content (AvgIpc) is 2.14. The van der Waals surface area contributed by atoms with Crippen molar-refractivity contribution in [2.24, 2.45) is 10.2 Å². The minimum absolute atomic E-state index is 0.408. The van der Waals surface area contributed by atoms with E-state index in [1.807, 2.05) is 6.07 Å². The van der Waals surface area contributed by atoms with Crippen LogP contribution in [0, 0.1) is 22.7 Å². The van der Waals surface area contributed by atoms with Crippen molar-refractivity contribution in [1.29, 1.82) is 10.5 Å². The first-order valence-corrected chi connectivity index (χ1v) is 3.76. The molecule has 5 nitrogen and oxygen atoms in total. The summed E-state index contributed by atoms with van der Waals surface area (Å²) in [6.45, 7) is 4.19. The maximum atomic E-state index is 8.80. The van der Waals surface area contributed by atoms with E-state index in [0.717, 1.165) is 0 Å². The molecule has 0 fully saturated rings. The standard InChI is InChI=1S/C8H12N4O/c1-7(2,4-9)11-12-8(3,5-10)6-13/h13H,6H2,1-3H3. The minimum atomic E-state index is -1.24. The third kappa shape index (κ3) is 3.64. The van der Waals surface area contributed by atoms with Crippen LogP contribution in [0.2, 0.25) is 0 Å². The van der Waals surface area contributed by atoms with Crippen LogP contribution in [-0.4, -0.2) is 22.8 Å². The molecular formula is C8H12N4O. The van der Waals surface area contributed by atoms with Gasteiger partial charge in [0.2, 0.25) is 0 Å². The lowest BCUT2D eigenvalue weighted by Gasteiger charge is -2.13. The second kappa shape index (κ2) is 3.97. The third-order valence-electron chi connectivity index (χ3n) is 1.34. The molecule has 0 aliphatic carbocycles. The predicted molar refractivity (Wildman–Crippen MR) is 45.7 cm³/mol. The van der Waals surface area contributed by atoms with Gasteiger partial charge in [-0.25, -0.2) is 0 Å². The predicted octanol–water partition coefficient (Wildman–Crippen LogP) is 1.02. The number of nitriles is 2. The second-order valence-electron chi connectivity index (χ2n) is 3.41. The highest BCUT2D eigenvalue weighted by molar-refractivity contribution is 5.05. The van der Waals surface area contributed by atoms with E-state index in [2.05, 4.69) is 10.2 Å². The van der Waals surface area contributed by atoms with Crippen molar-refractivity contribution < 1.29 is 5.11 Å². The minimum Gasteiger partial charge on any atom is -0.393 e. The molecule has 1 N–H and O–H groups in total. The molecule has 0 rings (SSSR count). The second-order valence-corrected chi connectivity index (χ2v) is 3.41. The molecule has 70 valence electrons. The summed E-state index contributed by atoms with van der Waals surface area (Å²) in [5.41, 5.74) is -2.19. The van der Waals surface area contributed by atoms with E-state index >= 15 is 0 Å². The molecule has 0 heterocycles. The van der Waals surface area contributed by atoms with Crippen LogP contribution in [0.1, 0.15) is 20.8 Å². The Bertz CT molecular complexity index is 283. The van der Waals surface area contributed by atoms with E-state index in [1.165, 1.54) is 6.92 Å². The van der Waals surface area contributed by atoms with Gasteiger partial charge in [-0.05, 0) is 20.8 Å². The number of rotatable bonds is 3. The molecule has 13 heavy (non-hydrogen) atoms. The van der Waals surface area contributed by atoms with E-state index in [-0.39, 0.29) is 0 Å². The summed E-state index contributed by atoms with van der Waals surface area (Å²) < 4.78 is 0. The fourth-order valence-electron chi connectivity index (χ4n) is 0.347. The van der Waals surface area contributed by atoms with E-state index in [4.69, 9.17) is 15.6 Å². The third-order valence-corrected chi connectivity index (χ3v) is 1.34. The molecule has 0 radical (unpaired) electrons. The molecule has 1 unspecified atom stereocenters. The maximum absolute atomic E-state index is 8.80. The molecule has 5 heteroatoms. The van der Waals surface area contributed by atoms with Crippen molar-refractivity contribution >= 4 is 0 Å². The van der Waals surface area contributed by atoms with Gasteiger partial charge in [0.25, 0.3) is 0 Å². The molecule has 0 bridgehead atoms. The van der Waals surface area contributed by atoms with E-state index in [1.54, 1.807) is 19.9 Å². The Morgan fingerprint density at radius 3 is 2.00 bits per heavy atom. The summed E-state index contributed by atoms with van der Waals surface area (Å²) in [6, 6.07) is 3.72. The van der Waals surface area contributed by atoms with Gasteiger partial charge in [0.05, 0.1) is 18.7 Å². The topological polar surface area (TPSA) is 92.5 Å². The largest absolute Gasteiger partial charge is 0.393 e. The van der Waals surface area contributed by atoms with Gasteiger partial charge in [0.15, 0.2) is 11.1 Å². The van der Waals surface area contributed by atoms with E-state index in [9.17, 15) is 0 Å². The number of hydrogen-bond donors (Lipinski definition) is 1. The highest BCUT2D eigenvalue weighted by Crippen LogP contribution is 2.14. The zero-order valence-electron chi connectivity index (χ0n) is 7.94. The van der Waals surface area contributed by atoms with E-state index in [0.29, 0.717) is 0 Å². The van der Waals surface area contributed by atoms with Crippen molar-refractivity contribution in [2.75, 3.05) is 6.61 Å². The summed E-state index contributed by atoms with van der Waals surface area (Å²) >= 11 is 0. The number of hydrogen-bond acceptors (Lipinski definition) is 5. The molecule has 0 aliphatic rings. The molecule has 0 aliphatic heterocycles. The first-order valence-electron chi connectivity index (χ1n) is 3.76. The Morgan fingerprint density at radius 2 is 1.69 bits per heavy atom. The van der Waals surface area contributed by atoms with Crippen molar-refractivity contribution in [1.82, 2.24) is 0 Å². The zero-order valence-corrected chi connectivity index (χ0v) is 7.94. The molecule has 1 atom stereocenters. The molecule has 0 aromatic heterocycles. The molecule has 0 saturated carbocycles. The average molecular weight is 180 g/mol. The van der Waals surface area contributed by atoms with Gasteiger partial charge in [-0.15, -0.1) is 0 Å². The SMILES string of the molecule is CC(C)(C#N)N=NC(C)(C#N)CO. The van der Waals surface area contributed by atoms with Crippen LogP contribution in [0.5, 0.6) is 0 Å². The Kier molecular flexibility index (Phi) is 3.53. The van der Waals surface area contributed by atoms with Gasteiger partial charge in [0.1, 0.15) is 0 Å². The highest BCUT2D eigenvalue weighted by Gasteiger charge is 2.24. The highest BCUT2D eigenvalue weighted by atomic mass is 16.3. The molecule has 0 spiro atoms. The quantitative estimate of drug-likeness (QED) is 0.657. The molecule has 0 aromatic carbocycles. The van der Waals surface area contributed by atoms with E-state index < -0.39 is 17.7 Å². The fourth-order valence-corrected chi connectivity index (χ4v) is 0.347. The normalized spacial score (nSPS) is 16.2. The Labute approximate surface area is 77.3 Å². The molecule has 0 amide bonds. The van der Waals surface area contributed by atoms with Crippen molar-refractivity contribution in [3.8, 4) is 12.1 Å². The first-order chi connectivity index (χ1) is 5.89. The number of nitrogens with zero attached hydrogens (tertiary/aromatic N) is 4. The number of aliphatic hydroxyl groups excluding tert-OH is 1. The van der Waals surface area contributed by atoms with Crippen LogP contribution >= 0.6 is 0 Å². The Balaban J connectivity index is 4.64. The van der Waals surface area contributed by atoms with Gasteiger partial charge in [-0.2, -0.15) is 20.8 Å². The lowest BCUT2D eigenvalue weighted by molar-refractivity contribution is 0.236. The summed E-state index contributed by atoms with van der Waals surface area (Å²) in [4.78, 5) is 0. The summed E-state index contributed by atoms with van der Waals surface area (Å²) in [7, 11) is 0. The van der Waals surface area contributed by atoms with Gasteiger partial charge < -0.3 is 5.11 Å². The molecular weight excluding hydrogens is 168 g/mol.